The van der Waals surface area contributed by atoms with E-state index < -0.39 is 0 Å². The highest BCUT2D eigenvalue weighted by atomic mass is 79.9. The standard InChI is InChI=1S/C35H36BrN3O/c1-3-4-23-39-33(34(29-11-7-5-8-12-29)37-35(39)30-13-9-6-10-14-30)26-38(24-27-15-19-31(36)20-16-27)25-28-17-21-32(40-2)22-18-28/h5-22H,3-4,23-26H2,1-2H3. The van der Waals surface area contributed by atoms with Crippen LogP contribution in [0, 0.1) is 0 Å². The molecule has 40 heavy (non-hydrogen) atoms. The molecule has 4 nitrogen and oxygen atoms in total. The third-order valence-corrected chi connectivity index (χ3v) is 7.67. The lowest BCUT2D eigenvalue weighted by Gasteiger charge is -2.25. The van der Waals surface area contributed by atoms with Gasteiger partial charge in [-0.05, 0) is 41.8 Å². The topological polar surface area (TPSA) is 30.3 Å². The van der Waals surface area contributed by atoms with E-state index in [2.05, 4.69) is 129 Å². The first-order valence-corrected chi connectivity index (χ1v) is 14.7. The molecular formula is C35H36BrN3O. The Morgan fingerprint density at radius 1 is 0.725 bits per heavy atom. The van der Waals surface area contributed by atoms with E-state index in [4.69, 9.17) is 9.72 Å². The number of halogens is 1. The van der Waals surface area contributed by atoms with E-state index in [-0.39, 0.29) is 0 Å². The van der Waals surface area contributed by atoms with Crippen molar-refractivity contribution in [2.75, 3.05) is 7.11 Å². The number of unbranched alkanes of at least 4 members (excludes halogenated alkanes) is 1. The molecule has 0 aliphatic carbocycles. The maximum absolute atomic E-state index is 5.41. The first-order valence-electron chi connectivity index (χ1n) is 13.9. The molecule has 0 bridgehead atoms. The van der Waals surface area contributed by atoms with Crippen molar-refractivity contribution in [1.29, 1.82) is 0 Å². The largest absolute Gasteiger partial charge is 0.497 e. The van der Waals surface area contributed by atoms with Crippen LogP contribution in [0.15, 0.2) is 114 Å². The summed E-state index contributed by atoms with van der Waals surface area (Å²) in [6.07, 6.45) is 2.23. The van der Waals surface area contributed by atoms with Gasteiger partial charge in [0.1, 0.15) is 11.6 Å². The van der Waals surface area contributed by atoms with Gasteiger partial charge in [0.05, 0.1) is 18.5 Å². The zero-order valence-corrected chi connectivity index (χ0v) is 24.8. The highest BCUT2D eigenvalue weighted by molar-refractivity contribution is 9.10. The Morgan fingerprint density at radius 3 is 1.88 bits per heavy atom. The fourth-order valence-corrected chi connectivity index (χ4v) is 5.32. The van der Waals surface area contributed by atoms with E-state index in [1.165, 1.54) is 16.8 Å². The molecule has 0 fully saturated rings. The first-order chi connectivity index (χ1) is 19.6. The number of hydrogen-bond donors (Lipinski definition) is 0. The Hall–Kier alpha value is -3.67. The average Bonchev–Trinajstić information content (AvgIpc) is 3.36. The number of benzene rings is 4. The predicted molar refractivity (Wildman–Crippen MR) is 168 cm³/mol. The highest BCUT2D eigenvalue weighted by Crippen LogP contribution is 2.32. The van der Waals surface area contributed by atoms with Gasteiger partial charge in [0.25, 0.3) is 0 Å². The van der Waals surface area contributed by atoms with Gasteiger partial charge >= 0.3 is 0 Å². The highest BCUT2D eigenvalue weighted by Gasteiger charge is 2.22. The van der Waals surface area contributed by atoms with Crippen LogP contribution in [0.3, 0.4) is 0 Å². The second kappa shape index (κ2) is 13.6. The van der Waals surface area contributed by atoms with E-state index in [1.54, 1.807) is 7.11 Å². The zero-order valence-electron chi connectivity index (χ0n) is 23.3. The molecule has 0 aliphatic rings. The number of imidazole rings is 1. The van der Waals surface area contributed by atoms with Crippen molar-refractivity contribution < 1.29 is 4.74 Å². The van der Waals surface area contributed by atoms with Gasteiger partial charge in [0.15, 0.2) is 0 Å². The summed E-state index contributed by atoms with van der Waals surface area (Å²) in [6, 6.07) is 38.3. The van der Waals surface area contributed by atoms with Crippen molar-refractivity contribution in [1.82, 2.24) is 14.5 Å². The third-order valence-electron chi connectivity index (χ3n) is 7.15. The summed E-state index contributed by atoms with van der Waals surface area (Å²) in [7, 11) is 1.71. The zero-order chi connectivity index (χ0) is 27.7. The number of aromatic nitrogens is 2. The van der Waals surface area contributed by atoms with E-state index >= 15 is 0 Å². The SMILES string of the molecule is CCCCn1c(-c2ccccc2)nc(-c2ccccc2)c1CN(Cc1ccc(Br)cc1)Cc1ccc(OC)cc1. The summed E-state index contributed by atoms with van der Waals surface area (Å²) >= 11 is 3.59. The molecule has 0 aliphatic heterocycles. The van der Waals surface area contributed by atoms with Crippen LogP contribution in [0.1, 0.15) is 36.6 Å². The van der Waals surface area contributed by atoms with Gasteiger partial charge in [-0.25, -0.2) is 4.98 Å². The Bertz CT molecular complexity index is 1480. The molecule has 0 spiro atoms. The second-order valence-electron chi connectivity index (χ2n) is 10.1. The van der Waals surface area contributed by atoms with Crippen LogP contribution < -0.4 is 4.74 Å². The molecule has 0 atom stereocenters. The summed E-state index contributed by atoms with van der Waals surface area (Å²) in [5.41, 5.74) is 7.15. The number of ether oxygens (including phenoxy) is 1. The Kier molecular flexibility index (Phi) is 9.48. The molecule has 204 valence electrons. The van der Waals surface area contributed by atoms with E-state index in [0.717, 1.165) is 71.9 Å². The molecule has 0 unspecified atom stereocenters. The van der Waals surface area contributed by atoms with Gasteiger partial charge in [0, 0.05) is 41.8 Å². The number of rotatable bonds is 12. The molecule has 0 amide bonds. The molecule has 0 saturated heterocycles. The van der Waals surface area contributed by atoms with Crippen LogP contribution in [0.25, 0.3) is 22.6 Å². The quantitative estimate of drug-likeness (QED) is 0.144. The monoisotopic (exact) mass is 593 g/mol. The predicted octanol–water partition coefficient (Wildman–Crippen LogP) is 8.99. The maximum atomic E-state index is 5.41. The molecule has 0 N–H and O–H groups in total. The van der Waals surface area contributed by atoms with Gasteiger partial charge in [-0.1, -0.05) is 114 Å². The van der Waals surface area contributed by atoms with Crippen LogP contribution >= 0.6 is 15.9 Å². The molecule has 0 saturated carbocycles. The van der Waals surface area contributed by atoms with Crippen LogP contribution in [0.4, 0.5) is 0 Å². The fourth-order valence-electron chi connectivity index (χ4n) is 5.06. The Morgan fingerprint density at radius 2 is 1.30 bits per heavy atom. The summed E-state index contributed by atoms with van der Waals surface area (Å²) in [5, 5.41) is 0. The van der Waals surface area contributed by atoms with Crippen molar-refractivity contribution in [3.8, 4) is 28.4 Å². The average molecular weight is 595 g/mol. The minimum atomic E-state index is 0.774. The minimum Gasteiger partial charge on any atom is -0.497 e. The van der Waals surface area contributed by atoms with E-state index in [1.807, 2.05) is 12.1 Å². The summed E-state index contributed by atoms with van der Waals surface area (Å²) in [4.78, 5) is 7.84. The molecule has 4 aromatic carbocycles. The third kappa shape index (κ3) is 6.90. The van der Waals surface area contributed by atoms with E-state index in [0.29, 0.717) is 0 Å². The summed E-state index contributed by atoms with van der Waals surface area (Å²) < 4.78 is 8.96. The van der Waals surface area contributed by atoms with Gasteiger partial charge in [-0.3, -0.25) is 4.90 Å². The first kappa shape index (κ1) is 27.9. The lowest BCUT2D eigenvalue weighted by molar-refractivity contribution is 0.241. The lowest BCUT2D eigenvalue weighted by Crippen LogP contribution is -2.24. The van der Waals surface area contributed by atoms with Gasteiger partial charge in [-0.2, -0.15) is 0 Å². The Labute approximate surface area is 246 Å². The minimum absolute atomic E-state index is 0.774. The molecule has 1 heterocycles. The summed E-state index contributed by atoms with van der Waals surface area (Å²) in [6.45, 7) is 5.60. The van der Waals surface area contributed by atoms with Crippen molar-refractivity contribution in [2.24, 2.45) is 0 Å². The molecular weight excluding hydrogens is 558 g/mol. The lowest BCUT2D eigenvalue weighted by atomic mass is 10.1. The molecule has 5 heteroatoms. The van der Waals surface area contributed by atoms with Crippen LogP contribution in [-0.2, 0) is 26.2 Å². The molecule has 1 aromatic heterocycles. The van der Waals surface area contributed by atoms with Crippen molar-refractivity contribution in [2.45, 2.75) is 45.9 Å². The van der Waals surface area contributed by atoms with Crippen LogP contribution in [-0.4, -0.2) is 21.6 Å². The fraction of sp³-hybridized carbons (Fsp3) is 0.229. The Balaban J connectivity index is 1.59. The second-order valence-corrected chi connectivity index (χ2v) is 11.0. The van der Waals surface area contributed by atoms with Crippen LogP contribution in [0.5, 0.6) is 5.75 Å². The number of nitrogens with zero attached hydrogens (tertiary/aromatic N) is 3. The van der Waals surface area contributed by atoms with Crippen LogP contribution in [0.2, 0.25) is 0 Å². The normalized spacial score (nSPS) is 11.2. The van der Waals surface area contributed by atoms with Gasteiger partial charge in [0.2, 0.25) is 0 Å². The van der Waals surface area contributed by atoms with Gasteiger partial charge in [-0.15, -0.1) is 0 Å². The van der Waals surface area contributed by atoms with Crippen molar-refractivity contribution >= 4 is 15.9 Å². The van der Waals surface area contributed by atoms with Gasteiger partial charge < -0.3 is 9.30 Å². The number of hydrogen-bond acceptors (Lipinski definition) is 3. The van der Waals surface area contributed by atoms with E-state index in [9.17, 15) is 0 Å². The molecule has 5 rings (SSSR count). The molecule has 5 aromatic rings. The summed E-state index contributed by atoms with van der Waals surface area (Å²) in [5.74, 6) is 1.91. The van der Waals surface area contributed by atoms with Crippen molar-refractivity contribution in [3.05, 3.63) is 130 Å². The smallest absolute Gasteiger partial charge is 0.140 e. The number of methoxy groups -OCH3 is 1. The van der Waals surface area contributed by atoms with Crippen molar-refractivity contribution in [3.63, 3.8) is 0 Å². The molecule has 0 radical (unpaired) electrons. The maximum Gasteiger partial charge on any atom is 0.140 e.